The Hall–Kier alpha value is -2.54. The molecule has 0 saturated carbocycles. The predicted octanol–water partition coefficient (Wildman–Crippen LogP) is 3.17. The highest BCUT2D eigenvalue weighted by molar-refractivity contribution is 7.12. The molecular formula is C17H19N5OS. The summed E-state index contributed by atoms with van der Waals surface area (Å²) in [7, 11) is 0. The number of fused-ring (bicyclic) bond motifs is 1. The van der Waals surface area contributed by atoms with Crippen molar-refractivity contribution in [3.8, 4) is 0 Å². The van der Waals surface area contributed by atoms with Crippen LogP contribution < -0.4 is 5.32 Å². The van der Waals surface area contributed by atoms with Gasteiger partial charge in [-0.1, -0.05) is 19.4 Å². The van der Waals surface area contributed by atoms with Crippen LogP contribution in [0.4, 0.5) is 0 Å². The number of nitrogens with one attached hydrogen (secondary N) is 1. The summed E-state index contributed by atoms with van der Waals surface area (Å²) in [4.78, 5) is 17.4. The third-order valence-electron chi connectivity index (χ3n) is 3.58. The SMILES string of the molecule is CCC[C@H](NC(=O)/C=C/c1cnc(C)s1)c1nnc2ccccn12. The zero-order valence-corrected chi connectivity index (χ0v) is 14.5. The molecule has 0 radical (unpaired) electrons. The lowest BCUT2D eigenvalue weighted by Gasteiger charge is -2.15. The minimum Gasteiger partial charge on any atom is -0.343 e. The molecule has 6 nitrogen and oxygen atoms in total. The molecule has 1 atom stereocenters. The van der Waals surface area contributed by atoms with E-state index in [2.05, 4.69) is 27.4 Å². The van der Waals surface area contributed by atoms with Gasteiger partial charge in [0.25, 0.3) is 0 Å². The van der Waals surface area contributed by atoms with Crippen LogP contribution in [0.25, 0.3) is 11.7 Å². The molecule has 3 aromatic heterocycles. The molecule has 7 heteroatoms. The van der Waals surface area contributed by atoms with Crippen LogP contribution >= 0.6 is 11.3 Å². The van der Waals surface area contributed by atoms with Crippen molar-refractivity contribution >= 4 is 29.0 Å². The molecule has 0 aliphatic heterocycles. The molecule has 0 saturated heterocycles. The number of thiazole rings is 1. The normalized spacial score (nSPS) is 12.8. The number of amides is 1. The van der Waals surface area contributed by atoms with Crippen molar-refractivity contribution in [2.75, 3.05) is 0 Å². The third-order valence-corrected chi connectivity index (χ3v) is 4.46. The Bertz CT molecular complexity index is 867. The minimum absolute atomic E-state index is 0.146. The second-order valence-electron chi connectivity index (χ2n) is 5.45. The van der Waals surface area contributed by atoms with E-state index < -0.39 is 0 Å². The van der Waals surface area contributed by atoms with Crippen molar-refractivity contribution in [3.05, 3.63) is 52.4 Å². The Labute approximate surface area is 144 Å². The second-order valence-corrected chi connectivity index (χ2v) is 6.72. The summed E-state index contributed by atoms with van der Waals surface area (Å²) in [5.41, 5.74) is 0.776. The number of hydrogen-bond donors (Lipinski definition) is 1. The van der Waals surface area contributed by atoms with E-state index in [0.717, 1.165) is 34.2 Å². The van der Waals surface area contributed by atoms with Gasteiger partial charge in [-0.15, -0.1) is 21.5 Å². The lowest BCUT2D eigenvalue weighted by molar-refractivity contribution is -0.117. The summed E-state index contributed by atoms with van der Waals surface area (Å²) in [6.07, 6.45) is 8.73. The fourth-order valence-corrected chi connectivity index (χ4v) is 3.17. The van der Waals surface area contributed by atoms with Gasteiger partial charge in [-0.3, -0.25) is 9.20 Å². The standard InChI is InChI=1S/C17H19N5OS/c1-3-6-14(17-21-20-15-7-4-5-10-22(15)17)19-16(23)9-8-13-11-18-12(2)24-13/h4-5,7-11,14H,3,6H2,1-2H3,(H,19,23)/b9-8+/t14-/m0/s1. The number of aromatic nitrogens is 4. The molecule has 0 bridgehead atoms. The molecule has 0 unspecified atom stereocenters. The van der Waals surface area contributed by atoms with Crippen LogP contribution in [0.5, 0.6) is 0 Å². The van der Waals surface area contributed by atoms with Gasteiger partial charge in [-0.2, -0.15) is 0 Å². The van der Waals surface area contributed by atoms with Crippen LogP contribution in [0.15, 0.2) is 36.7 Å². The van der Waals surface area contributed by atoms with Gasteiger partial charge >= 0.3 is 0 Å². The van der Waals surface area contributed by atoms with Crippen molar-refractivity contribution in [1.82, 2.24) is 24.9 Å². The van der Waals surface area contributed by atoms with Crippen molar-refractivity contribution in [2.24, 2.45) is 0 Å². The van der Waals surface area contributed by atoms with Gasteiger partial charge in [0.1, 0.15) is 0 Å². The lowest BCUT2D eigenvalue weighted by Crippen LogP contribution is -2.28. The maximum absolute atomic E-state index is 12.3. The molecule has 1 amide bonds. The average Bonchev–Trinajstić information content (AvgIpc) is 3.18. The molecule has 124 valence electrons. The minimum atomic E-state index is -0.173. The van der Waals surface area contributed by atoms with E-state index in [1.54, 1.807) is 29.7 Å². The van der Waals surface area contributed by atoms with Crippen LogP contribution in [-0.4, -0.2) is 25.5 Å². The lowest BCUT2D eigenvalue weighted by atomic mass is 10.1. The number of rotatable bonds is 6. The fourth-order valence-electron chi connectivity index (χ4n) is 2.48. The first-order valence-corrected chi connectivity index (χ1v) is 8.69. The van der Waals surface area contributed by atoms with Gasteiger partial charge in [0.05, 0.1) is 11.0 Å². The van der Waals surface area contributed by atoms with Gasteiger partial charge < -0.3 is 5.32 Å². The molecule has 0 aromatic carbocycles. The van der Waals surface area contributed by atoms with E-state index in [-0.39, 0.29) is 11.9 Å². The number of hydrogen-bond acceptors (Lipinski definition) is 5. The highest BCUT2D eigenvalue weighted by Crippen LogP contribution is 2.18. The Balaban J connectivity index is 1.76. The van der Waals surface area contributed by atoms with E-state index in [0.29, 0.717) is 0 Å². The van der Waals surface area contributed by atoms with E-state index in [4.69, 9.17) is 0 Å². The van der Waals surface area contributed by atoms with Gasteiger partial charge in [0.2, 0.25) is 5.91 Å². The molecule has 0 spiro atoms. The molecule has 0 aliphatic rings. The number of nitrogens with zero attached hydrogens (tertiary/aromatic N) is 4. The van der Waals surface area contributed by atoms with Crippen molar-refractivity contribution < 1.29 is 4.79 Å². The van der Waals surface area contributed by atoms with Crippen molar-refractivity contribution in [1.29, 1.82) is 0 Å². The summed E-state index contributed by atoms with van der Waals surface area (Å²) < 4.78 is 1.91. The van der Waals surface area contributed by atoms with Gasteiger partial charge in [0.15, 0.2) is 11.5 Å². The topological polar surface area (TPSA) is 72.2 Å². The first-order valence-electron chi connectivity index (χ1n) is 7.88. The van der Waals surface area contributed by atoms with Gasteiger partial charge in [-0.25, -0.2) is 4.98 Å². The Morgan fingerprint density at radius 3 is 3.04 bits per heavy atom. The van der Waals surface area contributed by atoms with Gasteiger partial charge in [0, 0.05) is 23.3 Å². The van der Waals surface area contributed by atoms with E-state index in [1.807, 2.05) is 35.7 Å². The van der Waals surface area contributed by atoms with Gasteiger partial charge in [-0.05, 0) is 31.6 Å². The quantitative estimate of drug-likeness (QED) is 0.699. The van der Waals surface area contributed by atoms with E-state index in [9.17, 15) is 4.79 Å². The maximum atomic E-state index is 12.3. The fraction of sp³-hybridized carbons (Fsp3) is 0.294. The number of carbonyl (C=O) groups excluding carboxylic acids is 1. The Kier molecular flexibility index (Phi) is 5.00. The number of carbonyl (C=O) groups is 1. The molecule has 24 heavy (non-hydrogen) atoms. The van der Waals surface area contributed by atoms with E-state index in [1.165, 1.54) is 0 Å². The summed E-state index contributed by atoms with van der Waals surface area (Å²) in [6.45, 7) is 4.02. The van der Waals surface area contributed by atoms with Crippen LogP contribution in [0.1, 0.15) is 41.5 Å². The first-order chi connectivity index (χ1) is 11.7. The Morgan fingerprint density at radius 2 is 2.29 bits per heavy atom. The molecular weight excluding hydrogens is 322 g/mol. The molecule has 0 aliphatic carbocycles. The van der Waals surface area contributed by atoms with E-state index >= 15 is 0 Å². The zero-order chi connectivity index (χ0) is 16.9. The predicted molar refractivity (Wildman–Crippen MR) is 94.7 cm³/mol. The summed E-state index contributed by atoms with van der Waals surface area (Å²) in [5, 5.41) is 12.4. The van der Waals surface area contributed by atoms with Crippen LogP contribution in [0.3, 0.4) is 0 Å². The Morgan fingerprint density at radius 1 is 1.42 bits per heavy atom. The van der Waals surface area contributed by atoms with Crippen molar-refractivity contribution in [2.45, 2.75) is 32.7 Å². The molecule has 1 N–H and O–H groups in total. The summed E-state index contributed by atoms with van der Waals surface area (Å²) in [5.74, 6) is 0.606. The van der Waals surface area contributed by atoms with Crippen LogP contribution in [0, 0.1) is 6.92 Å². The molecule has 3 rings (SSSR count). The van der Waals surface area contributed by atoms with Crippen molar-refractivity contribution in [3.63, 3.8) is 0 Å². The third kappa shape index (κ3) is 3.68. The first kappa shape index (κ1) is 16.3. The summed E-state index contributed by atoms with van der Waals surface area (Å²) in [6, 6.07) is 5.57. The average molecular weight is 341 g/mol. The molecule has 0 fully saturated rings. The van der Waals surface area contributed by atoms with Crippen LogP contribution in [0.2, 0.25) is 0 Å². The monoisotopic (exact) mass is 341 g/mol. The summed E-state index contributed by atoms with van der Waals surface area (Å²) >= 11 is 1.55. The second kappa shape index (κ2) is 7.35. The van der Waals surface area contributed by atoms with Crippen LogP contribution in [-0.2, 0) is 4.79 Å². The molecule has 3 aromatic rings. The number of pyridine rings is 1. The smallest absolute Gasteiger partial charge is 0.244 e. The highest BCUT2D eigenvalue weighted by Gasteiger charge is 2.18. The largest absolute Gasteiger partial charge is 0.343 e. The maximum Gasteiger partial charge on any atom is 0.244 e. The molecule has 3 heterocycles. The highest BCUT2D eigenvalue weighted by atomic mass is 32.1. The number of aryl methyl sites for hydroxylation is 1. The zero-order valence-electron chi connectivity index (χ0n) is 13.6.